The predicted octanol–water partition coefficient (Wildman–Crippen LogP) is 4.65. The summed E-state index contributed by atoms with van der Waals surface area (Å²) in [5.74, 6) is 2.14. The number of amides is 1. The molecule has 9 heteroatoms. The van der Waals surface area contributed by atoms with Gasteiger partial charge in [-0.15, -0.1) is 0 Å². The maximum atomic E-state index is 13.6. The van der Waals surface area contributed by atoms with Crippen molar-refractivity contribution >= 4 is 33.4 Å². The highest BCUT2D eigenvalue weighted by molar-refractivity contribution is 7.98. The largest absolute Gasteiger partial charge is 0.493 e. The van der Waals surface area contributed by atoms with Crippen molar-refractivity contribution in [3.05, 3.63) is 83.9 Å². The molecular formula is C27H32N2O5S2. The summed E-state index contributed by atoms with van der Waals surface area (Å²) < 4.78 is 38.7. The Morgan fingerprint density at radius 2 is 1.64 bits per heavy atom. The van der Waals surface area contributed by atoms with Gasteiger partial charge in [0.1, 0.15) is 6.54 Å². The van der Waals surface area contributed by atoms with Crippen LogP contribution in [0.15, 0.2) is 77.7 Å². The summed E-state index contributed by atoms with van der Waals surface area (Å²) in [6.45, 7) is 2.20. The Morgan fingerprint density at radius 3 is 2.31 bits per heavy atom. The Bertz CT molecular complexity index is 1230. The zero-order valence-corrected chi connectivity index (χ0v) is 22.4. The molecular weight excluding hydrogens is 496 g/mol. The van der Waals surface area contributed by atoms with Crippen molar-refractivity contribution in [1.82, 2.24) is 5.32 Å². The molecule has 3 aromatic rings. The quantitative estimate of drug-likeness (QED) is 0.325. The van der Waals surface area contributed by atoms with Crippen LogP contribution in [-0.2, 0) is 20.6 Å². The number of carbonyl (C=O) groups is 1. The molecule has 0 aliphatic carbocycles. The molecule has 0 radical (unpaired) electrons. The number of nitrogens with zero attached hydrogens (tertiary/aromatic N) is 1. The molecule has 0 saturated heterocycles. The van der Waals surface area contributed by atoms with E-state index in [2.05, 4.69) is 36.5 Å². The molecule has 1 N–H and O–H groups in total. The van der Waals surface area contributed by atoms with Gasteiger partial charge < -0.3 is 14.8 Å². The van der Waals surface area contributed by atoms with E-state index in [1.165, 1.54) is 43.5 Å². The molecule has 0 aliphatic heterocycles. The van der Waals surface area contributed by atoms with Gasteiger partial charge in [0, 0.05) is 18.4 Å². The van der Waals surface area contributed by atoms with Crippen LogP contribution in [0.3, 0.4) is 0 Å². The Labute approximate surface area is 217 Å². The minimum Gasteiger partial charge on any atom is -0.493 e. The third-order valence-electron chi connectivity index (χ3n) is 5.45. The molecule has 0 bridgehead atoms. The van der Waals surface area contributed by atoms with Gasteiger partial charge in [0.25, 0.3) is 10.0 Å². The SMILES string of the molecule is COc1ccc(S(=O)(=O)N(CC(=O)NCCCSCc2ccc(C)cc2)c2ccccc2)cc1OC. The van der Waals surface area contributed by atoms with Crippen LogP contribution in [0.1, 0.15) is 17.5 Å². The molecule has 3 rings (SSSR count). The van der Waals surface area contributed by atoms with Gasteiger partial charge in [0.15, 0.2) is 11.5 Å². The average Bonchev–Trinajstić information content (AvgIpc) is 2.90. The molecule has 0 heterocycles. The van der Waals surface area contributed by atoms with Crippen molar-refractivity contribution in [2.45, 2.75) is 24.0 Å². The number of para-hydroxylation sites is 1. The molecule has 0 unspecified atom stereocenters. The Kier molecular flexibility index (Phi) is 10.1. The Morgan fingerprint density at radius 1 is 0.944 bits per heavy atom. The van der Waals surface area contributed by atoms with Crippen molar-refractivity contribution in [2.24, 2.45) is 0 Å². The zero-order valence-electron chi connectivity index (χ0n) is 20.8. The standard InChI is InChI=1S/C27H32N2O5S2/c1-21-10-12-22(13-11-21)20-35-17-7-16-28-27(30)19-29(23-8-5-4-6-9-23)36(31,32)24-14-15-25(33-2)26(18-24)34-3/h4-6,8-15,18H,7,16-17,19-20H2,1-3H3,(H,28,30). The number of carbonyl (C=O) groups excluding carboxylic acids is 1. The van der Waals surface area contributed by atoms with Crippen LogP contribution >= 0.6 is 11.8 Å². The number of ether oxygens (including phenoxy) is 2. The highest BCUT2D eigenvalue weighted by Crippen LogP contribution is 2.32. The van der Waals surface area contributed by atoms with Crippen LogP contribution in [0.5, 0.6) is 11.5 Å². The van der Waals surface area contributed by atoms with Crippen LogP contribution in [0, 0.1) is 6.92 Å². The highest BCUT2D eigenvalue weighted by Gasteiger charge is 2.28. The lowest BCUT2D eigenvalue weighted by molar-refractivity contribution is -0.119. The smallest absolute Gasteiger partial charge is 0.264 e. The van der Waals surface area contributed by atoms with Gasteiger partial charge in [0.05, 0.1) is 24.8 Å². The number of thioether (sulfide) groups is 1. The van der Waals surface area contributed by atoms with Crippen LogP contribution in [0.2, 0.25) is 0 Å². The molecule has 0 aromatic heterocycles. The van der Waals surface area contributed by atoms with E-state index in [1.807, 2.05) is 0 Å². The zero-order chi connectivity index (χ0) is 26.0. The van der Waals surface area contributed by atoms with E-state index in [0.29, 0.717) is 23.7 Å². The van der Waals surface area contributed by atoms with Crippen molar-refractivity contribution in [3.63, 3.8) is 0 Å². The Balaban J connectivity index is 1.62. The van der Waals surface area contributed by atoms with E-state index < -0.39 is 10.0 Å². The maximum Gasteiger partial charge on any atom is 0.264 e. The van der Waals surface area contributed by atoms with Gasteiger partial charge in [-0.1, -0.05) is 48.0 Å². The minimum atomic E-state index is -4.05. The van der Waals surface area contributed by atoms with Gasteiger partial charge >= 0.3 is 0 Å². The van der Waals surface area contributed by atoms with Crippen molar-refractivity contribution in [2.75, 3.05) is 37.4 Å². The summed E-state index contributed by atoms with van der Waals surface area (Å²) in [6.07, 6.45) is 0.788. The first kappa shape index (κ1) is 27.4. The number of rotatable bonds is 13. The monoisotopic (exact) mass is 528 g/mol. The number of hydrogen-bond acceptors (Lipinski definition) is 6. The summed E-state index contributed by atoms with van der Waals surface area (Å²) in [6, 6.07) is 21.4. The van der Waals surface area contributed by atoms with E-state index in [9.17, 15) is 13.2 Å². The summed E-state index contributed by atoms with van der Waals surface area (Å²) in [7, 11) is -1.13. The van der Waals surface area contributed by atoms with E-state index in [1.54, 1.807) is 42.1 Å². The first-order valence-electron chi connectivity index (χ1n) is 11.5. The van der Waals surface area contributed by atoms with Crippen molar-refractivity contribution in [1.29, 1.82) is 0 Å². The summed E-state index contributed by atoms with van der Waals surface area (Å²) in [5, 5.41) is 2.85. The molecule has 192 valence electrons. The molecule has 36 heavy (non-hydrogen) atoms. The van der Waals surface area contributed by atoms with Crippen LogP contribution in [0.4, 0.5) is 5.69 Å². The fourth-order valence-corrected chi connectivity index (χ4v) is 5.83. The van der Waals surface area contributed by atoms with E-state index in [0.717, 1.165) is 22.2 Å². The first-order valence-corrected chi connectivity index (χ1v) is 14.1. The second-order valence-corrected chi connectivity index (χ2v) is 11.1. The van der Waals surface area contributed by atoms with Crippen LogP contribution in [-0.4, -0.2) is 47.4 Å². The summed E-state index contributed by atoms with van der Waals surface area (Å²) >= 11 is 1.80. The number of anilines is 1. The number of benzene rings is 3. The van der Waals surface area contributed by atoms with Crippen LogP contribution < -0.4 is 19.1 Å². The molecule has 0 fully saturated rings. The maximum absolute atomic E-state index is 13.6. The predicted molar refractivity (Wildman–Crippen MR) is 145 cm³/mol. The number of sulfonamides is 1. The van der Waals surface area contributed by atoms with Crippen LogP contribution in [0.25, 0.3) is 0 Å². The number of methoxy groups -OCH3 is 2. The fraction of sp³-hybridized carbons (Fsp3) is 0.296. The second kappa shape index (κ2) is 13.2. The van der Waals surface area contributed by atoms with Gasteiger partial charge in [-0.2, -0.15) is 11.8 Å². The lowest BCUT2D eigenvalue weighted by Gasteiger charge is -2.24. The molecule has 0 atom stereocenters. The number of hydrogen-bond donors (Lipinski definition) is 1. The summed E-state index contributed by atoms with van der Waals surface area (Å²) in [4.78, 5) is 12.7. The lowest BCUT2D eigenvalue weighted by atomic mass is 10.2. The topological polar surface area (TPSA) is 84.9 Å². The molecule has 1 amide bonds. The van der Waals surface area contributed by atoms with Crippen molar-refractivity contribution in [3.8, 4) is 11.5 Å². The van der Waals surface area contributed by atoms with Gasteiger partial charge in [0.2, 0.25) is 5.91 Å². The van der Waals surface area contributed by atoms with E-state index in [4.69, 9.17) is 9.47 Å². The third-order valence-corrected chi connectivity index (χ3v) is 8.34. The van der Waals surface area contributed by atoms with Gasteiger partial charge in [-0.25, -0.2) is 8.42 Å². The van der Waals surface area contributed by atoms with E-state index >= 15 is 0 Å². The molecule has 0 saturated carbocycles. The summed E-state index contributed by atoms with van der Waals surface area (Å²) in [5.41, 5.74) is 2.91. The third kappa shape index (κ3) is 7.41. The highest BCUT2D eigenvalue weighted by atomic mass is 32.2. The normalized spacial score (nSPS) is 11.1. The van der Waals surface area contributed by atoms with Gasteiger partial charge in [-0.05, 0) is 48.9 Å². The fourth-order valence-electron chi connectivity index (χ4n) is 3.48. The minimum absolute atomic E-state index is 0.00399. The molecule has 3 aromatic carbocycles. The second-order valence-electron chi connectivity index (χ2n) is 8.11. The molecule has 0 aliphatic rings. The first-order chi connectivity index (χ1) is 17.3. The lowest BCUT2D eigenvalue weighted by Crippen LogP contribution is -2.41. The van der Waals surface area contributed by atoms with Gasteiger partial charge in [-0.3, -0.25) is 9.10 Å². The number of aryl methyl sites for hydroxylation is 1. The average molecular weight is 529 g/mol. The molecule has 7 nitrogen and oxygen atoms in total. The van der Waals surface area contributed by atoms with Crippen molar-refractivity contribution < 1.29 is 22.7 Å². The van der Waals surface area contributed by atoms with E-state index in [-0.39, 0.29) is 17.3 Å². The number of nitrogens with one attached hydrogen (secondary N) is 1. The Hall–Kier alpha value is -3.17. The molecule has 0 spiro atoms.